The normalized spacial score (nSPS) is 14.4. The van der Waals surface area contributed by atoms with Crippen LogP contribution in [0.2, 0.25) is 0 Å². The number of para-hydroxylation sites is 1. The lowest BCUT2D eigenvalue weighted by molar-refractivity contribution is 0.0988. The molecule has 1 aliphatic rings. The number of rotatable bonds is 6. The third-order valence-electron chi connectivity index (χ3n) is 5.31. The van der Waals surface area contributed by atoms with E-state index in [0.29, 0.717) is 12.5 Å². The number of hydrogen-bond acceptors (Lipinski definition) is 5. The van der Waals surface area contributed by atoms with Gasteiger partial charge in [0.05, 0.1) is 17.1 Å². The van der Waals surface area contributed by atoms with E-state index < -0.39 is 0 Å². The van der Waals surface area contributed by atoms with E-state index in [2.05, 4.69) is 36.3 Å². The van der Waals surface area contributed by atoms with Crippen LogP contribution in [0.1, 0.15) is 60.0 Å². The molecule has 0 spiro atoms. The Hall–Kier alpha value is -2.18. The monoisotopic (exact) mass is 425 g/mol. The van der Waals surface area contributed by atoms with Gasteiger partial charge in [-0.25, -0.2) is 4.98 Å². The van der Waals surface area contributed by atoms with E-state index in [1.165, 1.54) is 36.2 Å². The summed E-state index contributed by atoms with van der Waals surface area (Å²) in [5.41, 5.74) is 3.12. The number of thiazole rings is 1. The predicted octanol–water partition coefficient (Wildman–Crippen LogP) is 6.17. The first-order valence-electron chi connectivity index (χ1n) is 10.3. The van der Waals surface area contributed by atoms with E-state index >= 15 is 0 Å². The van der Waals surface area contributed by atoms with E-state index in [1.54, 1.807) is 11.3 Å². The summed E-state index contributed by atoms with van der Waals surface area (Å²) in [4.78, 5) is 23.3. The lowest BCUT2D eigenvalue weighted by Gasteiger charge is -2.26. The molecule has 2 aromatic heterocycles. The van der Waals surface area contributed by atoms with Crippen molar-refractivity contribution in [2.24, 2.45) is 0 Å². The van der Waals surface area contributed by atoms with Crippen LogP contribution in [-0.2, 0) is 6.54 Å². The minimum absolute atomic E-state index is 0.0422. The average Bonchev–Trinajstić information content (AvgIpc) is 3.44. The fraction of sp³-hybridized carbons (Fsp3) is 0.391. The topological polar surface area (TPSA) is 36.4 Å². The fourth-order valence-corrected chi connectivity index (χ4v) is 5.32. The van der Waals surface area contributed by atoms with Crippen molar-refractivity contribution in [2.75, 3.05) is 22.9 Å². The number of nitrogens with zero attached hydrogens (tertiary/aromatic N) is 3. The minimum Gasteiger partial charge on any atom is -0.348 e. The van der Waals surface area contributed by atoms with Crippen LogP contribution in [0.3, 0.4) is 0 Å². The lowest BCUT2D eigenvalue weighted by atomic mass is 10.00. The van der Waals surface area contributed by atoms with Gasteiger partial charge in [-0.05, 0) is 48.3 Å². The molecule has 152 valence electrons. The molecule has 1 aromatic carbocycles. The van der Waals surface area contributed by atoms with Crippen molar-refractivity contribution in [3.63, 3.8) is 0 Å². The second kappa shape index (κ2) is 9.09. The number of carbonyl (C=O) groups is 1. The van der Waals surface area contributed by atoms with Crippen molar-refractivity contribution in [3.05, 3.63) is 63.3 Å². The summed E-state index contributed by atoms with van der Waals surface area (Å²) in [5, 5.41) is 5.15. The number of hydrogen-bond donors (Lipinski definition) is 0. The Morgan fingerprint density at radius 3 is 2.62 bits per heavy atom. The summed E-state index contributed by atoms with van der Waals surface area (Å²) in [7, 11) is 0. The molecule has 0 aliphatic carbocycles. The number of carbonyl (C=O) groups excluding carboxylic acids is 1. The summed E-state index contributed by atoms with van der Waals surface area (Å²) in [6.07, 6.45) is 3.78. The number of aromatic nitrogens is 1. The Morgan fingerprint density at radius 1 is 1.10 bits per heavy atom. The molecule has 3 aromatic rings. The largest absolute Gasteiger partial charge is 0.348 e. The van der Waals surface area contributed by atoms with Gasteiger partial charge in [-0.1, -0.05) is 38.1 Å². The molecular weight excluding hydrogens is 398 g/mol. The van der Waals surface area contributed by atoms with Crippen LogP contribution >= 0.6 is 22.7 Å². The second-order valence-corrected chi connectivity index (χ2v) is 9.54. The summed E-state index contributed by atoms with van der Waals surface area (Å²) in [6.45, 7) is 7.00. The van der Waals surface area contributed by atoms with Crippen molar-refractivity contribution in [2.45, 2.75) is 45.6 Å². The molecule has 1 aliphatic heterocycles. The molecule has 3 heterocycles. The summed E-state index contributed by atoms with van der Waals surface area (Å²) < 4.78 is 0. The van der Waals surface area contributed by atoms with Crippen LogP contribution in [0.4, 0.5) is 10.8 Å². The highest BCUT2D eigenvalue weighted by Crippen LogP contribution is 2.32. The minimum atomic E-state index is 0.0422. The van der Waals surface area contributed by atoms with Gasteiger partial charge in [0.15, 0.2) is 5.13 Å². The molecule has 6 heteroatoms. The van der Waals surface area contributed by atoms with Gasteiger partial charge >= 0.3 is 0 Å². The molecule has 1 amide bonds. The quantitative estimate of drug-likeness (QED) is 0.474. The number of piperidine rings is 1. The van der Waals surface area contributed by atoms with E-state index in [-0.39, 0.29) is 5.91 Å². The first-order chi connectivity index (χ1) is 14.1. The fourth-order valence-electron chi connectivity index (χ4n) is 3.78. The average molecular weight is 426 g/mol. The molecule has 1 fully saturated rings. The maximum Gasteiger partial charge on any atom is 0.268 e. The molecule has 0 saturated carbocycles. The zero-order valence-corrected chi connectivity index (χ0v) is 18.6. The number of benzene rings is 1. The maximum atomic E-state index is 13.4. The molecule has 29 heavy (non-hydrogen) atoms. The van der Waals surface area contributed by atoms with Crippen molar-refractivity contribution >= 4 is 39.4 Å². The predicted molar refractivity (Wildman–Crippen MR) is 124 cm³/mol. The zero-order chi connectivity index (χ0) is 20.2. The van der Waals surface area contributed by atoms with Crippen molar-refractivity contribution in [1.29, 1.82) is 0 Å². The number of anilines is 2. The van der Waals surface area contributed by atoms with Crippen LogP contribution in [0.15, 0.2) is 47.2 Å². The molecule has 0 N–H and O–H groups in total. The summed E-state index contributed by atoms with van der Waals surface area (Å²) >= 11 is 3.18. The van der Waals surface area contributed by atoms with Crippen molar-refractivity contribution in [3.8, 4) is 0 Å². The molecule has 1 saturated heterocycles. The lowest BCUT2D eigenvalue weighted by Crippen LogP contribution is -2.31. The molecule has 0 bridgehead atoms. The molecule has 0 radical (unpaired) electrons. The van der Waals surface area contributed by atoms with Crippen molar-refractivity contribution < 1.29 is 4.79 Å². The Bertz CT molecular complexity index is 943. The molecule has 4 nitrogen and oxygen atoms in total. The number of thiophene rings is 1. The highest BCUT2D eigenvalue weighted by atomic mass is 32.1. The van der Waals surface area contributed by atoms with Crippen LogP contribution in [0.25, 0.3) is 0 Å². The van der Waals surface area contributed by atoms with Gasteiger partial charge in [-0.3, -0.25) is 4.79 Å². The van der Waals surface area contributed by atoms with Crippen LogP contribution < -0.4 is 9.80 Å². The van der Waals surface area contributed by atoms with E-state index in [0.717, 1.165) is 34.5 Å². The summed E-state index contributed by atoms with van der Waals surface area (Å²) in [6, 6.07) is 12.1. The molecular formula is C23H27N3OS2. The molecule has 0 unspecified atom stereocenters. The SMILES string of the molecule is CC(C)c1ccccc1N(Cc1csc(N2CCCCC2)n1)C(=O)c1cccs1. The highest BCUT2D eigenvalue weighted by molar-refractivity contribution is 7.13. The van der Waals surface area contributed by atoms with Gasteiger partial charge in [0.1, 0.15) is 0 Å². The standard InChI is InChI=1S/C23H27N3OS2/c1-17(2)19-9-4-5-10-20(19)26(22(27)21-11-8-14-28-21)15-18-16-29-23(24-18)25-12-6-3-7-13-25/h4-5,8-11,14,16-17H,3,6-7,12-13,15H2,1-2H3. The smallest absolute Gasteiger partial charge is 0.268 e. The second-order valence-electron chi connectivity index (χ2n) is 7.75. The maximum absolute atomic E-state index is 13.4. The third-order valence-corrected chi connectivity index (χ3v) is 7.12. The van der Waals surface area contributed by atoms with Gasteiger partial charge in [-0.15, -0.1) is 22.7 Å². The van der Waals surface area contributed by atoms with E-state index in [4.69, 9.17) is 4.98 Å². The van der Waals surface area contributed by atoms with Gasteiger partial charge < -0.3 is 9.80 Å². The Labute approximate surface area is 180 Å². The zero-order valence-electron chi connectivity index (χ0n) is 17.0. The highest BCUT2D eigenvalue weighted by Gasteiger charge is 2.24. The van der Waals surface area contributed by atoms with Gasteiger partial charge in [0.25, 0.3) is 5.91 Å². The number of amides is 1. The van der Waals surface area contributed by atoms with Crippen molar-refractivity contribution in [1.82, 2.24) is 4.98 Å². The summed E-state index contributed by atoms with van der Waals surface area (Å²) in [5.74, 6) is 0.379. The van der Waals surface area contributed by atoms with Crippen LogP contribution in [0.5, 0.6) is 0 Å². The van der Waals surface area contributed by atoms with E-state index in [1.807, 2.05) is 34.5 Å². The van der Waals surface area contributed by atoms with Gasteiger partial charge in [-0.2, -0.15) is 0 Å². The van der Waals surface area contributed by atoms with Crippen LogP contribution in [-0.4, -0.2) is 24.0 Å². The van der Waals surface area contributed by atoms with Gasteiger partial charge in [0, 0.05) is 24.2 Å². The Balaban J connectivity index is 1.65. The molecule has 0 atom stereocenters. The molecule has 4 rings (SSSR count). The Kier molecular flexibility index (Phi) is 6.31. The first-order valence-corrected chi connectivity index (χ1v) is 12.0. The van der Waals surface area contributed by atoms with Gasteiger partial charge in [0.2, 0.25) is 0 Å². The first kappa shape index (κ1) is 20.1. The van der Waals surface area contributed by atoms with Crippen LogP contribution in [0, 0.1) is 0 Å². The Morgan fingerprint density at radius 2 is 1.90 bits per heavy atom. The third kappa shape index (κ3) is 4.54. The van der Waals surface area contributed by atoms with E-state index in [9.17, 15) is 4.79 Å².